The Bertz CT molecular complexity index is 728. The van der Waals surface area contributed by atoms with Gasteiger partial charge in [0, 0.05) is 18.8 Å². The summed E-state index contributed by atoms with van der Waals surface area (Å²) in [6, 6.07) is 22.0. The van der Waals surface area contributed by atoms with Crippen LogP contribution in [-0.4, -0.2) is 23.4 Å². The highest BCUT2D eigenvalue weighted by Gasteiger charge is 2.20. The molecule has 3 rings (SSSR count). The lowest BCUT2D eigenvalue weighted by Crippen LogP contribution is -2.25. The van der Waals surface area contributed by atoms with Crippen LogP contribution in [0.1, 0.15) is 75.0 Å². The molecule has 0 spiro atoms. The molecule has 30 heavy (non-hydrogen) atoms. The van der Waals surface area contributed by atoms with Crippen LogP contribution >= 0.6 is 11.6 Å². The Morgan fingerprint density at radius 3 is 2.17 bits per heavy atom. The maximum Gasteiger partial charge on any atom is 0.0587 e. The second-order valence-corrected chi connectivity index (χ2v) is 8.90. The van der Waals surface area contributed by atoms with Crippen LogP contribution in [0.25, 0.3) is 0 Å². The number of alkyl halides is 1. The van der Waals surface area contributed by atoms with Crippen molar-refractivity contribution in [1.29, 1.82) is 5.26 Å². The van der Waals surface area contributed by atoms with Gasteiger partial charge in [-0.2, -0.15) is 5.26 Å². The van der Waals surface area contributed by atoms with Gasteiger partial charge in [0.15, 0.2) is 0 Å². The van der Waals surface area contributed by atoms with E-state index >= 15 is 0 Å². The highest BCUT2D eigenvalue weighted by atomic mass is 35.5. The molecule has 3 heteroatoms. The summed E-state index contributed by atoms with van der Waals surface area (Å²) in [5, 5.41) is 7.72. The summed E-state index contributed by atoms with van der Waals surface area (Å²) in [5.74, 6) is 0.722. The Labute approximate surface area is 188 Å². The molecule has 0 aromatic heterocycles. The Kier molecular flexibility index (Phi) is 11.6. The van der Waals surface area contributed by atoms with E-state index in [4.69, 9.17) is 16.9 Å². The minimum absolute atomic E-state index is 0.405. The Morgan fingerprint density at radius 2 is 1.57 bits per heavy atom. The first-order chi connectivity index (χ1) is 14.7. The molecule has 0 saturated heterocycles. The Morgan fingerprint density at radius 1 is 0.933 bits per heavy atom. The Hall–Kier alpha value is -1.82. The fourth-order valence-electron chi connectivity index (χ4n) is 4.28. The van der Waals surface area contributed by atoms with E-state index in [1.807, 2.05) is 0 Å². The summed E-state index contributed by atoms with van der Waals surface area (Å²) in [6.07, 6.45) is 8.45. The molecular weight excluding hydrogens is 388 g/mol. The van der Waals surface area contributed by atoms with Crippen LogP contribution in [0.15, 0.2) is 54.6 Å². The molecule has 2 aromatic carbocycles. The highest BCUT2D eigenvalue weighted by Crippen LogP contribution is 2.34. The van der Waals surface area contributed by atoms with Crippen molar-refractivity contribution in [3.8, 4) is 6.07 Å². The van der Waals surface area contributed by atoms with Gasteiger partial charge in [-0.25, -0.2) is 0 Å². The molecule has 0 aliphatic heterocycles. The fourth-order valence-corrected chi connectivity index (χ4v) is 4.53. The van der Waals surface area contributed by atoms with Gasteiger partial charge in [0.1, 0.15) is 0 Å². The first-order valence-corrected chi connectivity index (χ1v) is 11.9. The van der Waals surface area contributed by atoms with E-state index in [1.165, 1.54) is 81.6 Å². The van der Waals surface area contributed by atoms with Crippen molar-refractivity contribution in [3.63, 3.8) is 0 Å². The molecule has 1 saturated carbocycles. The van der Waals surface area contributed by atoms with Crippen LogP contribution in [0.2, 0.25) is 0 Å². The number of benzene rings is 2. The van der Waals surface area contributed by atoms with E-state index in [0.717, 1.165) is 12.5 Å². The van der Waals surface area contributed by atoms with Crippen LogP contribution in [-0.2, 0) is 13.0 Å². The summed E-state index contributed by atoms with van der Waals surface area (Å²) in [7, 11) is 0. The zero-order chi connectivity index (χ0) is 21.6. The second kappa shape index (κ2) is 14.2. The molecule has 1 aliphatic rings. The number of nitriles is 1. The van der Waals surface area contributed by atoms with Gasteiger partial charge in [-0.15, -0.1) is 11.6 Å². The Balaban J connectivity index is 0.00000101. The molecule has 2 nitrogen and oxygen atoms in total. The van der Waals surface area contributed by atoms with Gasteiger partial charge in [0.2, 0.25) is 0 Å². The maximum absolute atomic E-state index is 7.32. The lowest BCUT2D eigenvalue weighted by atomic mass is 9.83. The first-order valence-electron chi connectivity index (χ1n) is 11.5. The third-order valence-electron chi connectivity index (χ3n) is 5.84. The van der Waals surface area contributed by atoms with Gasteiger partial charge in [-0.3, -0.25) is 4.90 Å². The number of rotatable bonds is 9. The van der Waals surface area contributed by atoms with E-state index < -0.39 is 0 Å². The van der Waals surface area contributed by atoms with Crippen molar-refractivity contribution in [3.05, 3.63) is 71.3 Å². The number of nitrogens with zero attached hydrogens (tertiary/aromatic N) is 2. The third kappa shape index (κ3) is 8.90. The predicted molar refractivity (Wildman–Crippen MR) is 129 cm³/mol. The monoisotopic (exact) mass is 424 g/mol. The zero-order valence-corrected chi connectivity index (χ0v) is 19.5. The maximum atomic E-state index is 7.32. The van der Waals surface area contributed by atoms with E-state index in [2.05, 4.69) is 66.4 Å². The van der Waals surface area contributed by atoms with Crippen LogP contribution in [0, 0.1) is 11.3 Å². The molecular formula is C27H37ClN2. The summed E-state index contributed by atoms with van der Waals surface area (Å²) >= 11 is 6.25. The second-order valence-electron chi connectivity index (χ2n) is 8.28. The van der Waals surface area contributed by atoms with Crippen molar-refractivity contribution in [2.45, 2.75) is 76.6 Å². The number of hydrogen-bond donors (Lipinski definition) is 0. The minimum atomic E-state index is 0.405. The molecule has 0 atom stereocenters. The summed E-state index contributed by atoms with van der Waals surface area (Å²) in [6.45, 7) is 7.12. The van der Waals surface area contributed by atoms with Crippen LogP contribution in [0.5, 0.6) is 0 Å². The van der Waals surface area contributed by atoms with Gasteiger partial charge in [0.05, 0.1) is 6.07 Å². The lowest BCUT2D eigenvalue weighted by molar-refractivity contribution is 0.262. The summed E-state index contributed by atoms with van der Waals surface area (Å²) in [4.78, 5) is 2.59. The third-order valence-corrected chi connectivity index (χ3v) is 6.27. The van der Waals surface area contributed by atoms with Crippen molar-refractivity contribution < 1.29 is 0 Å². The van der Waals surface area contributed by atoms with Crippen LogP contribution < -0.4 is 0 Å². The molecule has 0 amide bonds. The molecule has 0 heterocycles. The molecule has 1 fully saturated rings. The molecule has 0 unspecified atom stereocenters. The standard InChI is InChI=1S/C25H34ClN.C2H3N/c1-2-18-27(20-22-7-4-3-5-8-22)19-6-9-21-10-12-23(13-11-21)24-14-16-25(26)17-15-24;1-2-3/h3-5,7-8,10-13,24-25H,2,6,9,14-20H2,1H3;1H3. The SMILES string of the molecule is CC#N.CCCN(CCCc1ccc(C2CCC(Cl)CC2)cc1)Cc1ccccc1. The normalized spacial score (nSPS) is 18.4. The topological polar surface area (TPSA) is 27.0 Å². The highest BCUT2D eigenvalue weighted by molar-refractivity contribution is 6.20. The predicted octanol–water partition coefficient (Wildman–Crippen LogP) is 7.33. The van der Waals surface area contributed by atoms with E-state index in [0.29, 0.717) is 5.38 Å². The number of halogens is 1. The molecule has 1 aliphatic carbocycles. The zero-order valence-electron chi connectivity index (χ0n) is 18.7. The van der Waals surface area contributed by atoms with Gasteiger partial charge >= 0.3 is 0 Å². The van der Waals surface area contributed by atoms with Gasteiger partial charge < -0.3 is 0 Å². The van der Waals surface area contributed by atoms with Gasteiger partial charge in [-0.05, 0) is 80.6 Å². The summed E-state index contributed by atoms with van der Waals surface area (Å²) < 4.78 is 0. The van der Waals surface area contributed by atoms with Crippen LogP contribution in [0.4, 0.5) is 0 Å². The van der Waals surface area contributed by atoms with Crippen molar-refractivity contribution >= 4 is 11.6 Å². The average Bonchev–Trinajstić information content (AvgIpc) is 2.76. The van der Waals surface area contributed by atoms with Gasteiger partial charge in [-0.1, -0.05) is 61.5 Å². The average molecular weight is 425 g/mol. The lowest BCUT2D eigenvalue weighted by Gasteiger charge is -2.25. The van der Waals surface area contributed by atoms with Crippen LogP contribution in [0.3, 0.4) is 0 Å². The molecule has 2 aromatic rings. The van der Waals surface area contributed by atoms with E-state index in [1.54, 1.807) is 6.07 Å². The molecule has 162 valence electrons. The van der Waals surface area contributed by atoms with Crippen molar-refractivity contribution in [2.75, 3.05) is 13.1 Å². The quantitative estimate of drug-likeness (QED) is 0.394. The molecule has 0 N–H and O–H groups in total. The first kappa shape index (κ1) is 24.4. The van der Waals surface area contributed by atoms with Crippen molar-refractivity contribution in [2.24, 2.45) is 0 Å². The summed E-state index contributed by atoms with van der Waals surface area (Å²) in [5.41, 5.74) is 4.40. The number of aryl methyl sites for hydroxylation is 1. The largest absolute Gasteiger partial charge is 0.299 e. The molecule has 0 radical (unpaired) electrons. The fraction of sp³-hybridized carbons (Fsp3) is 0.519. The van der Waals surface area contributed by atoms with Gasteiger partial charge in [0.25, 0.3) is 0 Å². The van der Waals surface area contributed by atoms with E-state index in [9.17, 15) is 0 Å². The minimum Gasteiger partial charge on any atom is -0.299 e. The van der Waals surface area contributed by atoms with Crippen molar-refractivity contribution in [1.82, 2.24) is 4.90 Å². The number of hydrogen-bond acceptors (Lipinski definition) is 2. The smallest absolute Gasteiger partial charge is 0.0587 e. The van der Waals surface area contributed by atoms with E-state index in [-0.39, 0.29) is 0 Å². The molecule has 0 bridgehead atoms.